The van der Waals surface area contributed by atoms with E-state index >= 15 is 0 Å². The van der Waals surface area contributed by atoms with Gasteiger partial charge in [0.25, 0.3) is 0 Å². The summed E-state index contributed by atoms with van der Waals surface area (Å²) in [6, 6.07) is 8.43. The summed E-state index contributed by atoms with van der Waals surface area (Å²) in [5.74, 6) is 1.30. The number of barbiturate groups is 1. The summed E-state index contributed by atoms with van der Waals surface area (Å²) < 4.78 is 22.0. The zero-order valence-corrected chi connectivity index (χ0v) is 23.0. The predicted octanol–water partition coefficient (Wildman–Crippen LogP) is 2.92. The van der Waals surface area contributed by atoms with Crippen LogP contribution in [0.15, 0.2) is 30.3 Å². The van der Waals surface area contributed by atoms with Crippen molar-refractivity contribution in [3.8, 4) is 23.0 Å². The molecule has 0 unspecified atom stereocenters. The summed E-state index contributed by atoms with van der Waals surface area (Å²) in [7, 11) is 9.11. The molecule has 0 radical (unpaired) electrons. The van der Waals surface area contributed by atoms with Gasteiger partial charge in [0.05, 0.1) is 28.4 Å². The number of nitrogens with zero attached hydrogens (tertiary/aromatic N) is 3. The third-order valence-corrected chi connectivity index (χ3v) is 7.77. The standard InChI is InChI=1S/C28H35N3O7/c1-17-21-14-24(38-7)23(37-6)13-18(21)10-11-31(17)16-28(25(32)29(2)27(34)30(3)26(28)33)15-19-12-20(35-4)8-9-22(19)36-5/h8-9,12-14,17H,10-11,15-16H2,1-7H3/t17-/m1/s1. The number of imide groups is 2. The monoisotopic (exact) mass is 525 g/mol. The average Bonchev–Trinajstić information content (AvgIpc) is 2.94. The molecular weight excluding hydrogens is 490 g/mol. The lowest BCUT2D eigenvalue weighted by molar-refractivity contribution is -0.159. The second-order valence-electron chi connectivity index (χ2n) is 9.75. The van der Waals surface area contributed by atoms with Gasteiger partial charge < -0.3 is 18.9 Å². The first-order chi connectivity index (χ1) is 18.1. The molecular formula is C28H35N3O7. The van der Waals surface area contributed by atoms with E-state index in [2.05, 4.69) is 4.90 Å². The maximum absolute atomic E-state index is 13.9. The van der Waals surface area contributed by atoms with Gasteiger partial charge in [-0.05, 0) is 60.4 Å². The van der Waals surface area contributed by atoms with Gasteiger partial charge in [-0.1, -0.05) is 0 Å². The largest absolute Gasteiger partial charge is 0.497 e. The van der Waals surface area contributed by atoms with Crippen LogP contribution in [0, 0.1) is 5.41 Å². The summed E-state index contributed by atoms with van der Waals surface area (Å²) >= 11 is 0. The quantitative estimate of drug-likeness (QED) is 0.486. The van der Waals surface area contributed by atoms with E-state index in [1.54, 1.807) is 39.5 Å². The van der Waals surface area contributed by atoms with Gasteiger partial charge in [-0.25, -0.2) is 4.79 Å². The van der Waals surface area contributed by atoms with Gasteiger partial charge in [0.15, 0.2) is 11.5 Å². The molecule has 4 rings (SSSR count). The van der Waals surface area contributed by atoms with Crippen LogP contribution in [0.1, 0.15) is 29.7 Å². The third-order valence-electron chi connectivity index (χ3n) is 7.77. The van der Waals surface area contributed by atoms with Crippen LogP contribution in [0.2, 0.25) is 0 Å². The molecule has 2 aromatic rings. The molecule has 204 valence electrons. The third kappa shape index (κ3) is 4.42. The van der Waals surface area contributed by atoms with Crippen molar-refractivity contribution in [3.05, 3.63) is 47.0 Å². The lowest BCUT2D eigenvalue weighted by Crippen LogP contribution is -2.67. The SMILES string of the molecule is COc1ccc(OC)c(CC2(CN3CCc4cc(OC)c(OC)cc4[C@H]3C)C(=O)N(C)C(=O)N(C)C2=O)c1. The molecule has 1 fully saturated rings. The number of ether oxygens (including phenoxy) is 4. The van der Waals surface area contributed by atoms with E-state index in [0.717, 1.165) is 20.9 Å². The van der Waals surface area contributed by atoms with Gasteiger partial charge in [-0.15, -0.1) is 0 Å². The smallest absolute Gasteiger partial charge is 0.332 e. The van der Waals surface area contributed by atoms with Crippen molar-refractivity contribution < 1.29 is 33.3 Å². The number of methoxy groups -OCH3 is 4. The molecule has 4 amide bonds. The molecule has 0 aromatic heterocycles. The number of rotatable bonds is 8. The summed E-state index contributed by atoms with van der Waals surface area (Å²) in [5.41, 5.74) is 1.25. The summed E-state index contributed by atoms with van der Waals surface area (Å²) in [5, 5.41) is 0. The molecule has 10 heteroatoms. The van der Waals surface area contributed by atoms with Crippen molar-refractivity contribution in [2.24, 2.45) is 5.41 Å². The van der Waals surface area contributed by atoms with E-state index in [9.17, 15) is 14.4 Å². The lowest BCUT2D eigenvalue weighted by atomic mass is 9.75. The van der Waals surface area contributed by atoms with Crippen molar-refractivity contribution in [2.45, 2.75) is 25.8 Å². The molecule has 2 aliphatic heterocycles. The maximum Gasteiger partial charge on any atom is 0.332 e. The number of carbonyl (C=O) groups is 3. The minimum Gasteiger partial charge on any atom is -0.497 e. The second-order valence-corrected chi connectivity index (χ2v) is 9.75. The van der Waals surface area contributed by atoms with Gasteiger partial charge in [-0.3, -0.25) is 24.3 Å². The average molecular weight is 526 g/mol. The number of carbonyl (C=O) groups excluding carboxylic acids is 3. The van der Waals surface area contributed by atoms with Crippen LogP contribution in [0.3, 0.4) is 0 Å². The fraction of sp³-hybridized carbons (Fsp3) is 0.464. The first-order valence-corrected chi connectivity index (χ1v) is 12.4. The lowest BCUT2D eigenvalue weighted by Gasteiger charge is -2.46. The summed E-state index contributed by atoms with van der Waals surface area (Å²) in [6.07, 6.45) is 0.737. The van der Waals surface area contributed by atoms with Crippen LogP contribution in [0.25, 0.3) is 0 Å². The molecule has 38 heavy (non-hydrogen) atoms. The number of urea groups is 1. The Labute approximate surface area is 223 Å². The molecule has 0 bridgehead atoms. The Morgan fingerprint density at radius 1 is 0.842 bits per heavy atom. The normalized spacial score (nSPS) is 19.3. The van der Waals surface area contributed by atoms with E-state index in [4.69, 9.17) is 18.9 Å². The van der Waals surface area contributed by atoms with E-state index in [1.165, 1.54) is 21.2 Å². The first-order valence-electron chi connectivity index (χ1n) is 12.4. The van der Waals surface area contributed by atoms with Crippen molar-refractivity contribution in [1.29, 1.82) is 0 Å². The molecule has 10 nitrogen and oxygen atoms in total. The van der Waals surface area contributed by atoms with Gasteiger partial charge in [-0.2, -0.15) is 0 Å². The van der Waals surface area contributed by atoms with E-state index < -0.39 is 23.3 Å². The first kappa shape index (κ1) is 27.3. The van der Waals surface area contributed by atoms with Crippen LogP contribution in [-0.4, -0.2) is 88.2 Å². The summed E-state index contributed by atoms with van der Waals surface area (Å²) in [4.78, 5) is 44.7. The number of benzene rings is 2. The van der Waals surface area contributed by atoms with Crippen LogP contribution in [-0.2, 0) is 22.4 Å². The van der Waals surface area contributed by atoms with Crippen LogP contribution >= 0.6 is 0 Å². The molecule has 0 aliphatic carbocycles. The Morgan fingerprint density at radius 2 is 1.45 bits per heavy atom. The number of fused-ring (bicyclic) bond motifs is 1. The Kier molecular flexibility index (Phi) is 7.55. The molecule has 1 saturated heterocycles. The molecule has 0 saturated carbocycles. The molecule has 2 heterocycles. The Morgan fingerprint density at radius 3 is 2.03 bits per heavy atom. The van der Waals surface area contributed by atoms with Crippen LogP contribution in [0.4, 0.5) is 4.79 Å². The molecule has 1 atom stereocenters. The number of hydrogen-bond donors (Lipinski definition) is 0. The fourth-order valence-electron chi connectivity index (χ4n) is 5.58. The summed E-state index contributed by atoms with van der Waals surface area (Å²) in [6.45, 7) is 2.77. The Balaban J connectivity index is 1.79. The van der Waals surface area contributed by atoms with Crippen molar-refractivity contribution in [1.82, 2.24) is 14.7 Å². The van der Waals surface area contributed by atoms with Gasteiger partial charge in [0.1, 0.15) is 16.9 Å². The zero-order valence-electron chi connectivity index (χ0n) is 23.0. The van der Waals surface area contributed by atoms with E-state index in [0.29, 0.717) is 41.5 Å². The zero-order chi connectivity index (χ0) is 27.8. The predicted molar refractivity (Wildman–Crippen MR) is 140 cm³/mol. The highest BCUT2D eigenvalue weighted by atomic mass is 16.5. The molecule has 2 aromatic carbocycles. The van der Waals surface area contributed by atoms with Gasteiger partial charge in [0.2, 0.25) is 11.8 Å². The minimum absolute atomic E-state index is 0.0367. The Hall–Kier alpha value is -3.79. The topological polar surface area (TPSA) is 97.8 Å². The highest BCUT2D eigenvalue weighted by Crippen LogP contribution is 2.42. The van der Waals surface area contributed by atoms with E-state index in [-0.39, 0.29) is 19.0 Å². The highest BCUT2D eigenvalue weighted by molar-refractivity contribution is 6.19. The molecule has 0 N–H and O–H groups in total. The molecule has 2 aliphatic rings. The number of hydrogen-bond acceptors (Lipinski definition) is 8. The molecule has 0 spiro atoms. The van der Waals surface area contributed by atoms with E-state index in [1.807, 2.05) is 19.1 Å². The van der Waals surface area contributed by atoms with Gasteiger partial charge >= 0.3 is 6.03 Å². The van der Waals surface area contributed by atoms with Gasteiger partial charge in [0, 0.05) is 39.6 Å². The maximum atomic E-state index is 13.9. The van der Waals surface area contributed by atoms with Crippen LogP contribution in [0.5, 0.6) is 23.0 Å². The fourth-order valence-corrected chi connectivity index (χ4v) is 5.58. The van der Waals surface area contributed by atoms with Crippen molar-refractivity contribution >= 4 is 17.8 Å². The Bertz CT molecular complexity index is 1240. The van der Waals surface area contributed by atoms with Crippen molar-refractivity contribution in [2.75, 3.05) is 55.6 Å². The van der Waals surface area contributed by atoms with Crippen LogP contribution < -0.4 is 18.9 Å². The number of amides is 4. The minimum atomic E-state index is -1.56. The van der Waals surface area contributed by atoms with Crippen molar-refractivity contribution in [3.63, 3.8) is 0 Å². The second kappa shape index (κ2) is 10.5. The highest BCUT2D eigenvalue weighted by Gasteiger charge is 2.57.